The molecule has 1 heterocycles. The third-order valence-electron chi connectivity index (χ3n) is 3.63. The number of rotatable bonds is 11. The van der Waals surface area contributed by atoms with Gasteiger partial charge in [0.1, 0.15) is 11.4 Å². The average Bonchev–Trinajstić information content (AvgIpc) is 2.80. The van der Waals surface area contributed by atoms with Crippen LogP contribution in [0, 0.1) is 0 Å². The Labute approximate surface area is 202 Å². The summed E-state index contributed by atoms with van der Waals surface area (Å²) in [5.41, 5.74) is 9.31. The third-order valence-corrected chi connectivity index (χ3v) is 4.98. The first-order valence-corrected chi connectivity index (χ1v) is 11.1. The average molecular weight is 537 g/mol. The summed E-state index contributed by atoms with van der Waals surface area (Å²) in [5.74, 6) is -3.01. The lowest BCUT2D eigenvalue weighted by Gasteiger charge is -2.10. The van der Waals surface area contributed by atoms with Crippen LogP contribution < -0.4 is 26.0 Å². The number of carboxylic acids is 1. The molecule has 0 atom stereocenters. The molecule has 1 aromatic heterocycles. The van der Waals surface area contributed by atoms with E-state index in [9.17, 15) is 36.0 Å². The molecule has 2 aromatic rings. The Bertz CT molecular complexity index is 1130. The highest BCUT2D eigenvalue weighted by molar-refractivity contribution is 7.90. The van der Waals surface area contributed by atoms with Gasteiger partial charge in [0, 0.05) is 12.7 Å². The van der Waals surface area contributed by atoms with E-state index in [1.54, 1.807) is 4.72 Å². The van der Waals surface area contributed by atoms with Crippen molar-refractivity contribution in [1.82, 2.24) is 20.6 Å². The Morgan fingerprint density at radius 2 is 1.69 bits per heavy atom. The number of hydrogen-bond donors (Lipinski definition) is 6. The van der Waals surface area contributed by atoms with E-state index < -0.39 is 40.6 Å². The second-order valence-electron chi connectivity index (χ2n) is 6.52. The molecule has 0 aliphatic rings. The highest BCUT2D eigenvalue weighted by atomic mass is 32.2. The Balaban J connectivity index is 0.000000613. The third kappa shape index (κ3) is 11.6. The summed E-state index contributed by atoms with van der Waals surface area (Å²) in [6.45, 7) is -1.01. The number of sulfonamides is 1. The Kier molecular flexibility index (Phi) is 11.7. The first-order chi connectivity index (χ1) is 16.7. The largest absolute Gasteiger partial charge is 0.484 e. The Hall–Kier alpha value is -3.80. The lowest BCUT2D eigenvalue weighted by molar-refractivity contribution is -0.153. The molecule has 0 saturated heterocycles. The van der Waals surface area contributed by atoms with Crippen LogP contribution in [0.25, 0.3) is 0 Å². The van der Waals surface area contributed by atoms with E-state index >= 15 is 0 Å². The van der Waals surface area contributed by atoms with E-state index in [0.29, 0.717) is 6.54 Å². The van der Waals surface area contributed by atoms with Gasteiger partial charge in [0.15, 0.2) is 6.61 Å². The van der Waals surface area contributed by atoms with Crippen LogP contribution in [0.5, 0.6) is 5.75 Å². The van der Waals surface area contributed by atoms with Gasteiger partial charge in [-0.1, -0.05) is 0 Å². The van der Waals surface area contributed by atoms with E-state index in [0.717, 1.165) is 42.6 Å². The van der Waals surface area contributed by atoms with E-state index in [4.69, 9.17) is 15.9 Å². The van der Waals surface area contributed by atoms with Crippen molar-refractivity contribution in [3.8, 4) is 5.75 Å². The predicted octanol–water partition coefficient (Wildman–Crippen LogP) is -0.602. The van der Waals surface area contributed by atoms with Gasteiger partial charge in [-0.15, -0.1) is 0 Å². The fourth-order valence-electron chi connectivity index (χ4n) is 2.07. The van der Waals surface area contributed by atoms with Crippen molar-refractivity contribution < 1.29 is 50.9 Å². The fraction of sp³-hybridized carbons (Fsp3) is 0.263. The summed E-state index contributed by atoms with van der Waals surface area (Å²) in [6, 6.07) is 6.05. The number of aromatic nitrogens is 1. The second-order valence-corrected chi connectivity index (χ2v) is 8.20. The number of hydrogen-bond acceptors (Lipinski definition) is 10. The molecule has 13 nitrogen and oxygen atoms in total. The molecule has 0 radical (unpaired) electrons. The minimum atomic E-state index is -4.54. The van der Waals surface area contributed by atoms with Crippen molar-refractivity contribution in [2.75, 3.05) is 26.3 Å². The van der Waals surface area contributed by atoms with E-state index in [-0.39, 0.29) is 35.1 Å². The molecule has 0 unspecified atom stereocenters. The molecule has 36 heavy (non-hydrogen) atoms. The number of benzene rings is 1. The quantitative estimate of drug-likeness (QED) is 0.157. The minimum Gasteiger partial charge on any atom is -0.484 e. The maximum absolute atomic E-state index is 12.2. The molecule has 2 rings (SSSR count). The molecule has 0 saturated carbocycles. The van der Waals surface area contributed by atoms with Crippen molar-refractivity contribution in [2.45, 2.75) is 11.1 Å². The Morgan fingerprint density at radius 1 is 1.06 bits per heavy atom. The van der Waals surface area contributed by atoms with Crippen LogP contribution in [0.2, 0.25) is 0 Å². The van der Waals surface area contributed by atoms with Gasteiger partial charge in [-0.2, -0.15) is 13.2 Å². The maximum atomic E-state index is 12.2. The number of amides is 2. The zero-order valence-corrected chi connectivity index (χ0v) is 19.1. The van der Waals surface area contributed by atoms with Gasteiger partial charge >= 0.3 is 12.1 Å². The van der Waals surface area contributed by atoms with Gasteiger partial charge in [-0.05, 0) is 36.4 Å². The maximum Gasteiger partial charge on any atom is 0.422 e. The monoisotopic (exact) mass is 537 g/mol. The van der Waals surface area contributed by atoms with Gasteiger partial charge in [-0.3, -0.25) is 15.0 Å². The van der Waals surface area contributed by atoms with E-state index in [2.05, 4.69) is 20.6 Å². The summed E-state index contributed by atoms with van der Waals surface area (Å²) in [6.07, 6.45) is -3.65. The van der Waals surface area contributed by atoms with Crippen LogP contribution in [0.15, 0.2) is 47.5 Å². The molecular formula is C19H22F3N5O8S. The number of aromatic carboxylic acids is 1. The number of ether oxygens (including phenoxy) is 1. The number of nitrogens with one attached hydrogen (secondary N) is 3. The number of primary amides is 1. The van der Waals surface area contributed by atoms with Crippen molar-refractivity contribution in [3.05, 3.63) is 53.9 Å². The van der Waals surface area contributed by atoms with Crippen LogP contribution in [-0.4, -0.2) is 73.9 Å². The van der Waals surface area contributed by atoms with Gasteiger partial charge in [0.25, 0.3) is 15.9 Å². The normalized spacial score (nSPS) is 11.1. The fourth-order valence-corrected chi connectivity index (χ4v) is 3.04. The zero-order chi connectivity index (χ0) is 27.4. The number of alkyl halides is 3. The lowest BCUT2D eigenvalue weighted by atomic mass is 10.2. The van der Waals surface area contributed by atoms with Crippen molar-refractivity contribution in [3.63, 3.8) is 0 Å². The molecule has 0 fully saturated rings. The highest BCUT2D eigenvalue weighted by Crippen LogP contribution is 2.20. The van der Waals surface area contributed by atoms with Crippen LogP contribution in [0.4, 0.5) is 13.2 Å². The highest BCUT2D eigenvalue weighted by Gasteiger charge is 2.28. The van der Waals surface area contributed by atoms with Gasteiger partial charge in [0.05, 0.1) is 23.6 Å². The van der Waals surface area contributed by atoms with Crippen LogP contribution >= 0.6 is 0 Å². The summed E-state index contributed by atoms with van der Waals surface area (Å²) in [7, 11) is -4.32. The number of nitrogens with two attached hydrogens (primary N) is 1. The number of carbonyl (C=O) groups excluding carboxylic acids is 2. The molecule has 0 aliphatic heterocycles. The Morgan fingerprint density at radius 3 is 2.17 bits per heavy atom. The second kappa shape index (κ2) is 13.9. The van der Waals surface area contributed by atoms with Crippen molar-refractivity contribution in [2.24, 2.45) is 5.73 Å². The summed E-state index contributed by atoms with van der Waals surface area (Å²) in [5, 5.41) is 16.9. The summed E-state index contributed by atoms with van der Waals surface area (Å²) < 4.78 is 66.7. The van der Waals surface area contributed by atoms with Crippen LogP contribution in [0.3, 0.4) is 0 Å². The first kappa shape index (κ1) is 30.2. The predicted molar refractivity (Wildman–Crippen MR) is 116 cm³/mol. The number of halogens is 3. The summed E-state index contributed by atoms with van der Waals surface area (Å²) >= 11 is 0. The molecular weight excluding hydrogens is 515 g/mol. The number of carboxylic acid groups (broad SMARTS) is 1. The van der Waals surface area contributed by atoms with E-state index in [1.165, 1.54) is 0 Å². The van der Waals surface area contributed by atoms with Gasteiger partial charge < -0.3 is 20.7 Å². The standard InChI is InChI=1S/C15H11F3N2O6S.C4H11N3O2/c16-15(17,18)8-26-10-2-4-11(5-3-10)27(24,25)20-13(21)9-1-6-12(14(22)23)19-7-9;5-4(9)3-7-6-1-2-8/h1-7H,8H2,(H,20,21)(H,22,23);6-8H,1-3H2,(H2,5,9). The number of pyridine rings is 1. The zero-order valence-electron chi connectivity index (χ0n) is 18.3. The molecule has 17 heteroatoms. The number of aliphatic hydroxyl groups is 1. The number of hydrazine groups is 1. The molecule has 1 aromatic carbocycles. The van der Waals surface area contributed by atoms with Crippen LogP contribution in [-0.2, 0) is 14.8 Å². The minimum absolute atomic E-state index is 0.0335. The van der Waals surface area contributed by atoms with Crippen molar-refractivity contribution >= 4 is 27.8 Å². The SMILES string of the molecule is NC(=O)CNNCCO.O=C(NS(=O)(=O)c1ccc(OCC(F)(F)F)cc1)c1ccc(C(=O)O)nc1. The molecule has 0 spiro atoms. The molecule has 198 valence electrons. The van der Waals surface area contributed by atoms with E-state index in [1.807, 2.05) is 0 Å². The van der Waals surface area contributed by atoms with Crippen LogP contribution in [0.1, 0.15) is 20.8 Å². The number of carbonyl (C=O) groups is 3. The van der Waals surface area contributed by atoms with Gasteiger partial charge in [-0.25, -0.2) is 28.3 Å². The first-order valence-electron chi connectivity index (χ1n) is 9.66. The molecule has 2 amide bonds. The molecule has 0 bridgehead atoms. The number of nitrogens with zero attached hydrogens (tertiary/aromatic N) is 1. The van der Waals surface area contributed by atoms with Gasteiger partial charge in [0.2, 0.25) is 5.91 Å². The van der Waals surface area contributed by atoms with Crippen molar-refractivity contribution in [1.29, 1.82) is 0 Å². The lowest BCUT2D eigenvalue weighted by Crippen LogP contribution is -2.40. The topological polar surface area (TPSA) is 210 Å². The molecule has 0 aliphatic carbocycles. The molecule has 7 N–H and O–H groups in total. The smallest absolute Gasteiger partial charge is 0.422 e. The number of aliphatic hydroxyl groups excluding tert-OH is 1. The summed E-state index contributed by atoms with van der Waals surface area (Å²) in [4.78, 5) is 35.8.